The van der Waals surface area contributed by atoms with Crippen LogP contribution in [-0.2, 0) is 6.18 Å². The maximum Gasteiger partial charge on any atom is 0.434 e. The number of hydrogen-bond acceptors (Lipinski definition) is 3. The summed E-state index contributed by atoms with van der Waals surface area (Å²) in [4.78, 5) is 15.8. The van der Waals surface area contributed by atoms with Gasteiger partial charge in [0.15, 0.2) is 5.69 Å². The Morgan fingerprint density at radius 2 is 1.89 bits per heavy atom. The number of alkyl halides is 3. The van der Waals surface area contributed by atoms with Crippen LogP contribution in [0.4, 0.5) is 19.0 Å². The van der Waals surface area contributed by atoms with Crippen molar-refractivity contribution in [2.24, 2.45) is 0 Å². The summed E-state index contributed by atoms with van der Waals surface area (Å²) in [5.41, 5.74) is -2.20. The summed E-state index contributed by atoms with van der Waals surface area (Å²) in [6.07, 6.45) is -4.78. The van der Waals surface area contributed by atoms with Crippen LogP contribution in [0.1, 0.15) is 29.9 Å². The molecule has 1 aromatic heterocycles. The van der Waals surface area contributed by atoms with E-state index in [1.807, 2.05) is 0 Å². The minimum Gasteiger partial charge on any atom is -0.478 e. The quantitative estimate of drug-likeness (QED) is 0.906. The van der Waals surface area contributed by atoms with Crippen molar-refractivity contribution in [2.45, 2.75) is 20.0 Å². The minimum atomic E-state index is -4.78. The molecule has 0 bridgehead atoms. The molecule has 0 radical (unpaired) electrons. The zero-order chi connectivity index (χ0) is 13.9. The lowest BCUT2D eigenvalue weighted by Crippen LogP contribution is -2.25. The van der Waals surface area contributed by atoms with E-state index < -0.39 is 23.4 Å². The molecule has 0 amide bonds. The van der Waals surface area contributed by atoms with Crippen molar-refractivity contribution < 1.29 is 23.1 Å². The van der Waals surface area contributed by atoms with Crippen LogP contribution in [0.5, 0.6) is 0 Å². The van der Waals surface area contributed by atoms with Crippen LogP contribution in [0.3, 0.4) is 0 Å². The fourth-order valence-corrected chi connectivity index (χ4v) is 1.56. The fourth-order valence-electron chi connectivity index (χ4n) is 1.56. The van der Waals surface area contributed by atoms with E-state index in [1.165, 1.54) is 6.07 Å². The van der Waals surface area contributed by atoms with Gasteiger partial charge in [-0.05, 0) is 26.0 Å². The van der Waals surface area contributed by atoms with Crippen molar-refractivity contribution >= 4 is 11.8 Å². The normalized spacial score (nSPS) is 11.4. The summed E-state index contributed by atoms with van der Waals surface area (Å²) in [5.74, 6) is -1.52. The predicted octanol–water partition coefficient (Wildman–Crippen LogP) is 2.64. The molecule has 4 nitrogen and oxygen atoms in total. The first-order valence-corrected chi connectivity index (χ1v) is 5.37. The number of aromatic nitrogens is 1. The molecule has 0 aliphatic heterocycles. The standard InChI is InChI=1S/C11H13F3N2O2/c1-3-16(4-2)8-6-5-7(10(17)18)9(15-8)11(12,13)14/h5-6H,3-4H2,1-2H3,(H,17,18). The molecule has 0 fully saturated rings. The van der Waals surface area contributed by atoms with Gasteiger partial charge in [0.2, 0.25) is 0 Å². The van der Waals surface area contributed by atoms with Gasteiger partial charge in [0.05, 0.1) is 5.56 Å². The van der Waals surface area contributed by atoms with Crippen molar-refractivity contribution in [1.29, 1.82) is 0 Å². The first-order chi connectivity index (χ1) is 8.31. The molecular formula is C11H13F3N2O2. The summed E-state index contributed by atoms with van der Waals surface area (Å²) >= 11 is 0. The van der Waals surface area contributed by atoms with Crippen LogP contribution in [0, 0.1) is 0 Å². The van der Waals surface area contributed by atoms with Gasteiger partial charge in [0, 0.05) is 13.1 Å². The summed E-state index contributed by atoms with van der Waals surface area (Å²) in [7, 11) is 0. The molecule has 1 aromatic rings. The third-order valence-electron chi connectivity index (χ3n) is 2.47. The van der Waals surface area contributed by atoms with Gasteiger partial charge in [-0.25, -0.2) is 9.78 Å². The van der Waals surface area contributed by atoms with Gasteiger partial charge >= 0.3 is 12.1 Å². The zero-order valence-electron chi connectivity index (χ0n) is 9.95. The number of halogens is 3. The first kappa shape index (κ1) is 14.3. The molecule has 1 N–H and O–H groups in total. The van der Waals surface area contributed by atoms with Crippen LogP contribution >= 0.6 is 0 Å². The highest BCUT2D eigenvalue weighted by atomic mass is 19.4. The second-order valence-electron chi connectivity index (χ2n) is 3.54. The van der Waals surface area contributed by atoms with E-state index in [9.17, 15) is 18.0 Å². The maximum absolute atomic E-state index is 12.7. The van der Waals surface area contributed by atoms with Crippen molar-refractivity contribution in [1.82, 2.24) is 4.98 Å². The SMILES string of the molecule is CCN(CC)c1ccc(C(=O)O)c(C(F)(F)F)n1. The molecule has 0 aromatic carbocycles. The Morgan fingerprint density at radius 3 is 2.28 bits per heavy atom. The first-order valence-electron chi connectivity index (χ1n) is 5.37. The Hall–Kier alpha value is -1.79. The molecular weight excluding hydrogens is 249 g/mol. The number of anilines is 1. The highest BCUT2D eigenvalue weighted by molar-refractivity contribution is 5.89. The Morgan fingerprint density at radius 1 is 1.33 bits per heavy atom. The predicted molar refractivity (Wildman–Crippen MR) is 59.8 cm³/mol. The van der Waals surface area contributed by atoms with E-state index in [1.54, 1.807) is 18.7 Å². The van der Waals surface area contributed by atoms with Crippen molar-refractivity contribution in [3.8, 4) is 0 Å². The molecule has 100 valence electrons. The topological polar surface area (TPSA) is 53.4 Å². The summed E-state index contributed by atoms with van der Waals surface area (Å²) in [5, 5.41) is 8.72. The van der Waals surface area contributed by atoms with Gasteiger partial charge in [-0.3, -0.25) is 0 Å². The summed E-state index contributed by atoms with van der Waals surface area (Å²) in [6.45, 7) is 4.55. The van der Waals surface area contributed by atoms with E-state index >= 15 is 0 Å². The van der Waals surface area contributed by atoms with Crippen molar-refractivity contribution in [3.63, 3.8) is 0 Å². The summed E-state index contributed by atoms with van der Waals surface area (Å²) < 4.78 is 38.1. The highest BCUT2D eigenvalue weighted by Crippen LogP contribution is 2.32. The van der Waals surface area contributed by atoms with Crippen molar-refractivity contribution in [3.05, 3.63) is 23.4 Å². The molecule has 7 heteroatoms. The number of rotatable bonds is 4. The lowest BCUT2D eigenvalue weighted by molar-refractivity contribution is -0.141. The van der Waals surface area contributed by atoms with E-state index in [0.29, 0.717) is 13.1 Å². The molecule has 1 rings (SSSR count). The number of pyridine rings is 1. The third-order valence-corrected chi connectivity index (χ3v) is 2.47. The molecule has 0 saturated carbocycles. The number of aromatic carboxylic acids is 1. The second-order valence-corrected chi connectivity index (χ2v) is 3.54. The highest BCUT2D eigenvalue weighted by Gasteiger charge is 2.37. The minimum absolute atomic E-state index is 0.123. The number of hydrogen-bond donors (Lipinski definition) is 1. The van der Waals surface area contributed by atoms with E-state index in [-0.39, 0.29) is 5.82 Å². The van der Waals surface area contributed by atoms with Gasteiger partial charge in [-0.2, -0.15) is 13.2 Å². The average Bonchev–Trinajstić information content (AvgIpc) is 2.29. The average molecular weight is 262 g/mol. The summed E-state index contributed by atoms with van der Waals surface area (Å²) in [6, 6.07) is 2.22. The van der Waals surface area contributed by atoms with Crippen LogP contribution in [0.15, 0.2) is 12.1 Å². The Kier molecular flexibility index (Phi) is 4.15. The monoisotopic (exact) mass is 262 g/mol. The van der Waals surface area contributed by atoms with Crippen LogP contribution in [0.25, 0.3) is 0 Å². The maximum atomic E-state index is 12.7. The second kappa shape index (κ2) is 5.24. The van der Waals surface area contributed by atoms with E-state index in [0.717, 1.165) is 6.07 Å². The number of carbonyl (C=O) groups is 1. The van der Waals surface area contributed by atoms with Crippen LogP contribution < -0.4 is 4.90 Å². The molecule has 0 unspecified atom stereocenters. The molecule has 0 saturated heterocycles. The van der Waals surface area contributed by atoms with E-state index in [4.69, 9.17) is 5.11 Å². The number of carboxylic acids is 1. The smallest absolute Gasteiger partial charge is 0.434 e. The number of nitrogens with zero attached hydrogens (tertiary/aromatic N) is 2. The lowest BCUT2D eigenvalue weighted by Gasteiger charge is -2.21. The molecule has 0 atom stereocenters. The van der Waals surface area contributed by atoms with Crippen molar-refractivity contribution in [2.75, 3.05) is 18.0 Å². The Balaban J connectivity index is 3.34. The molecule has 0 aliphatic carbocycles. The van der Waals surface area contributed by atoms with Crippen LogP contribution in [0.2, 0.25) is 0 Å². The van der Waals surface area contributed by atoms with Gasteiger partial charge in [-0.1, -0.05) is 0 Å². The van der Waals surface area contributed by atoms with Crippen LogP contribution in [-0.4, -0.2) is 29.1 Å². The Labute approximate surface area is 102 Å². The molecule has 1 heterocycles. The third kappa shape index (κ3) is 2.91. The zero-order valence-corrected chi connectivity index (χ0v) is 9.95. The van der Waals surface area contributed by atoms with Gasteiger partial charge in [-0.15, -0.1) is 0 Å². The molecule has 0 aliphatic rings. The largest absolute Gasteiger partial charge is 0.478 e. The molecule has 18 heavy (non-hydrogen) atoms. The van der Waals surface area contributed by atoms with Gasteiger partial charge < -0.3 is 10.0 Å². The molecule has 0 spiro atoms. The lowest BCUT2D eigenvalue weighted by atomic mass is 10.2. The fraction of sp³-hybridized carbons (Fsp3) is 0.455. The van der Waals surface area contributed by atoms with Gasteiger partial charge in [0.25, 0.3) is 0 Å². The Bertz CT molecular complexity index is 442. The number of carboxylic acid groups (broad SMARTS) is 1. The van der Waals surface area contributed by atoms with Gasteiger partial charge in [0.1, 0.15) is 5.82 Å². The van der Waals surface area contributed by atoms with E-state index in [2.05, 4.69) is 4.98 Å².